The van der Waals surface area contributed by atoms with Gasteiger partial charge in [0.15, 0.2) is 0 Å². The number of hydrogen-bond acceptors (Lipinski definition) is 0. The van der Waals surface area contributed by atoms with Crippen molar-refractivity contribution >= 4 is 118 Å². The summed E-state index contributed by atoms with van der Waals surface area (Å²) in [5.74, 6) is 0. The second kappa shape index (κ2) is 15.9. The van der Waals surface area contributed by atoms with Crippen molar-refractivity contribution in [3.63, 3.8) is 0 Å². The van der Waals surface area contributed by atoms with Crippen molar-refractivity contribution in [3.8, 4) is 0 Å². The van der Waals surface area contributed by atoms with E-state index in [0.717, 1.165) is 0 Å². The fraction of sp³-hybridized carbons (Fsp3) is 0. The number of rotatable bonds is 0. The molecule has 4 heavy (non-hydrogen) atoms. The van der Waals surface area contributed by atoms with Crippen molar-refractivity contribution in [2.24, 2.45) is 0 Å². The summed E-state index contributed by atoms with van der Waals surface area (Å²) >= 11 is 0. The van der Waals surface area contributed by atoms with Crippen LogP contribution in [0, 0.1) is 0 Å². The van der Waals surface area contributed by atoms with E-state index in [1.807, 2.05) is 0 Å². The van der Waals surface area contributed by atoms with Crippen LogP contribution in [0.4, 0.5) is 0 Å². The Balaban J connectivity index is 0. The molecule has 0 heterocycles. The van der Waals surface area contributed by atoms with Gasteiger partial charge in [-0.1, -0.05) is 0 Å². The van der Waals surface area contributed by atoms with Crippen LogP contribution in [0.3, 0.4) is 0 Å². The van der Waals surface area contributed by atoms with Gasteiger partial charge in [0.05, 0.1) is 0 Å². The van der Waals surface area contributed by atoms with Crippen molar-refractivity contribution < 1.29 is 5.71 Å². The van der Waals surface area contributed by atoms with Crippen molar-refractivity contribution in [1.29, 1.82) is 0 Å². The molecule has 0 radical (unpaired) electrons. The quantitative estimate of drug-likeness (QED) is 0.525. The molecule has 0 amide bonds. The molecule has 4 heteroatoms. The smallest absolute Gasteiger partial charge is 1.00 e. The molecule has 0 unspecified atom stereocenters. The molecular formula is H8S2Sr2. The first kappa shape index (κ1) is 25.4. The van der Waals surface area contributed by atoms with Crippen LogP contribution in [0.25, 0.3) is 0 Å². The molecule has 0 aliphatic heterocycles. The molecule has 0 aliphatic rings. The second-order valence-corrected chi connectivity index (χ2v) is 0. The molecule has 0 spiro atoms. The Morgan fingerprint density at radius 2 is 0.750 bits per heavy atom. The van der Waals surface area contributed by atoms with E-state index in [2.05, 4.69) is 0 Å². The van der Waals surface area contributed by atoms with Crippen LogP contribution in [-0.2, 0) is 0 Å². The normalized spacial score (nSPS) is 0. The van der Waals surface area contributed by atoms with Gasteiger partial charge in [0.1, 0.15) is 0 Å². The van der Waals surface area contributed by atoms with Crippen molar-refractivity contribution in [2.45, 2.75) is 0 Å². The molecule has 0 N–H and O–H groups in total. The van der Waals surface area contributed by atoms with E-state index in [1.165, 1.54) is 0 Å². The van der Waals surface area contributed by atoms with Gasteiger partial charge in [0.2, 0.25) is 0 Å². The van der Waals surface area contributed by atoms with E-state index in [0.29, 0.717) is 0 Å². The topological polar surface area (TPSA) is 0 Å². The minimum Gasteiger partial charge on any atom is -1.00 e. The Morgan fingerprint density at radius 1 is 0.750 bits per heavy atom. The SMILES string of the molecule is S.S.[H-].[H-].[H-].[H-].[Sr+2].[Sr+2]. The van der Waals surface area contributed by atoms with Crippen molar-refractivity contribution in [2.75, 3.05) is 0 Å². The van der Waals surface area contributed by atoms with E-state index < -0.39 is 0 Å². The minimum atomic E-state index is 0. The van der Waals surface area contributed by atoms with E-state index >= 15 is 0 Å². The Labute approximate surface area is 120 Å². The summed E-state index contributed by atoms with van der Waals surface area (Å²) in [6.07, 6.45) is 0. The van der Waals surface area contributed by atoms with Gasteiger partial charge >= 0.3 is 91.0 Å². The van der Waals surface area contributed by atoms with Crippen molar-refractivity contribution in [1.82, 2.24) is 0 Å². The van der Waals surface area contributed by atoms with Crippen LogP contribution in [-0.4, -0.2) is 91.0 Å². The molecular weight excluding hydrogens is 239 g/mol. The first-order valence-electron chi connectivity index (χ1n) is 0. The average Bonchev–Trinajstić information content (AvgIpc) is 0. The van der Waals surface area contributed by atoms with Crippen LogP contribution >= 0.6 is 27.0 Å². The molecule has 0 atom stereocenters. The summed E-state index contributed by atoms with van der Waals surface area (Å²) in [6.45, 7) is 0. The van der Waals surface area contributed by atoms with Gasteiger partial charge in [-0.3, -0.25) is 0 Å². The summed E-state index contributed by atoms with van der Waals surface area (Å²) < 4.78 is 0. The van der Waals surface area contributed by atoms with Gasteiger partial charge in [-0.25, -0.2) is 0 Å². The molecule has 0 saturated heterocycles. The van der Waals surface area contributed by atoms with Crippen LogP contribution in [0.2, 0.25) is 0 Å². The Bertz CT molecular complexity index is 12.0. The predicted octanol–water partition coefficient (Wildman–Crippen LogP) is -0.0860. The Morgan fingerprint density at radius 3 is 0.750 bits per heavy atom. The largest absolute Gasteiger partial charge is 2.00 e. The van der Waals surface area contributed by atoms with Crippen LogP contribution in [0.15, 0.2) is 0 Å². The summed E-state index contributed by atoms with van der Waals surface area (Å²) in [5.41, 5.74) is 0. The zero-order valence-electron chi connectivity index (χ0n) is 6.41. The molecule has 0 aromatic heterocycles. The maximum Gasteiger partial charge on any atom is 2.00 e. The average molecular weight is 247 g/mol. The van der Waals surface area contributed by atoms with Gasteiger partial charge in [-0.05, 0) is 0 Å². The molecule has 0 aromatic rings. The summed E-state index contributed by atoms with van der Waals surface area (Å²) in [4.78, 5) is 0. The van der Waals surface area contributed by atoms with Crippen LogP contribution in [0.1, 0.15) is 5.71 Å². The van der Waals surface area contributed by atoms with Gasteiger partial charge < -0.3 is 5.71 Å². The number of hydrogen-bond donors (Lipinski definition) is 0. The second-order valence-electron chi connectivity index (χ2n) is 0. The van der Waals surface area contributed by atoms with E-state index in [1.54, 1.807) is 0 Å². The van der Waals surface area contributed by atoms with Crippen LogP contribution in [0.5, 0.6) is 0 Å². The monoisotopic (exact) mass is 248 g/mol. The third-order valence-electron chi connectivity index (χ3n) is 0. The minimum absolute atomic E-state index is 0. The maximum atomic E-state index is 0. The van der Waals surface area contributed by atoms with Gasteiger partial charge in [0.25, 0.3) is 0 Å². The molecule has 24 valence electrons. The fourth-order valence-corrected chi connectivity index (χ4v) is 0. The third kappa shape index (κ3) is 9.18. The molecule has 0 bridgehead atoms. The molecule has 0 saturated carbocycles. The zero-order chi connectivity index (χ0) is 0. The maximum absolute atomic E-state index is 0. The zero-order valence-corrected chi connectivity index (χ0v) is 11.4. The first-order chi connectivity index (χ1) is 0. The standard InChI is InChI=1S/2H2S.2Sr.4H/h2*1H2;;;;;;/q;;2*+2;4*-1. The molecule has 0 rings (SSSR count). The van der Waals surface area contributed by atoms with Gasteiger partial charge in [0, 0.05) is 0 Å². The van der Waals surface area contributed by atoms with E-state index in [4.69, 9.17) is 0 Å². The van der Waals surface area contributed by atoms with Gasteiger partial charge in [-0.15, -0.1) is 0 Å². The summed E-state index contributed by atoms with van der Waals surface area (Å²) in [7, 11) is 0. The van der Waals surface area contributed by atoms with Crippen molar-refractivity contribution in [3.05, 3.63) is 0 Å². The van der Waals surface area contributed by atoms with Crippen LogP contribution < -0.4 is 0 Å². The summed E-state index contributed by atoms with van der Waals surface area (Å²) in [5, 5.41) is 0. The van der Waals surface area contributed by atoms with Gasteiger partial charge in [-0.2, -0.15) is 27.0 Å². The van der Waals surface area contributed by atoms with E-state index in [-0.39, 0.29) is 124 Å². The fourth-order valence-electron chi connectivity index (χ4n) is 0. The molecule has 0 nitrogen and oxygen atoms in total. The predicted molar refractivity (Wildman–Crippen MR) is 36.7 cm³/mol. The molecule has 0 aromatic carbocycles. The molecule has 0 aliphatic carbocycles. The Kier molecular flexibility index (Phi) is 101. The Hall–Kier alpha value is 3.66. The third-order valence-corrected chi connectivity index (χ3v) is 0. The first-order valence-corrected chi connectivity index (χ1v) is 0. The summed E-state index contributed by atoms with van der Waals surface area (Å²) in [6, 6.07) is 0. The molecule has 0 fully saturated rings. The van der Waals surface area contributed by atoms with E-state index in [9.17, 15) is 0 Å².